The number of nitrogens with zero attached hydrogens (tertiary/aromatic N) is 2. The number of thioether (sulfide) groups is 1. The predicted molar refractivity (Wildman–Crippen MR) is 83.1 cm³/mol. The second-order valence-corrected chi connectivity index (χ2v) is 5.79. The molecule has 0 unspecified atom stereocenters. The van der Waals surface area contributed by atoms with Crippen LogP contribution < -0.4 is 0 Å². The molecule has 0 aliphatic heterocycles. The van der Waals surface area contributed by atoms with Crippen molar-refractivity contribution in [1.29, 1.82) is 0 Å². The Kier molecular flexibility index (Phi) is 7.38. The Hall–Kier alpha value is -1.24. The third kappa shape index (κ3) is 6.41. The SMILES string of the molecule is Cc1cc(C)c(SCC(F)(F)F)cc1N=[C-]c1cccnc1.[V]. The van der Waals surface area contributed by atoms with Gasteiger partial charge in [-0.25, -0.2) is 0 Å². The number of halogens is 3. The van der Waals surface area contributed by atoms with Crippen LogP contribution in [0.5, 0.6) is 0 Å². The molecule has 0 saturated heterocycles. The Morgan fingerprint density at radius 1 is 1.22 bits per heavy atom. The Labute approximate surface area is 149 Å². The molecule has 1 aromatic carbocycles. The molecule has 0 fully saturated rings. The fourth-order valence-corrected chi connectivity index (χ4v) is 2.61. The first-order chi connectivity index (χ1) is 10.3. The van der Waals surface area contributed by atoms with Gasteiger partial charge in [0.1, 0.15) is 0 Å². The molecule has 0 aliphatic rings. The second kappa shape index (κ2) is 8.57. The normalized spacial score (nSPS) is 11.5. The van der Waals surface area contributed by atoms with Crippen molar-refractivity contribution in [1.82, 2.24) is 4.98 Å². The summed E-state index contributed by atoms with van der Waals surface area (Å²) >= 11 is 0.773. The number of hydrogen-bond donors (Lipinski definition) is 0. The van der Waals surface area contributed by atoms with Crippen molar-refractivity contribution in [3.63, 3.8) is 0 Å². The summed E-state index contributed by atoms with van der Waals surface area (Å²) in [4.78, 5) is 8.77. The molecule has 23 heavy (non-hydrogen) atoms. The smallest absolute Gasteiger partial charge is 0.351 e. The minimum absolute atomic E-state index is 0. The summed E-state index contributed by atoms with van der Waals surface area (Å²) in [5.74, 6) is -0.910. The van der Waals surface area contributed by atoms with E-state index in [1.165, 1.54) is 0 Å². The van der Waals surface area contributed by atoms with Gasteiger partial charge in [-0.15, -0.1) is 23.4 Å². The number of pyridine rings is 1. The number of aromatic nitrogens is 1. The summed E-state index contributed by atoms with van der Waals surface area (Å²) in [5.41, 5.74) is 3.03. The van der Waals surface area contributed by atoms with E-state index >= 15 is 0 Å². The molecule has 1 radical (unpaired) electrons. The molecule has 0 amide bonds. The van der Waals surface area contributed by atoms with Crippen LogP contribution in [0.1, 0.15) is 16.7 Å². The average Bonchev–Trinajstić information content (AvgIpc) is 2.45. The average molecular weight is 374 g/mol. The molecule has 2 nitrogen and oxygen atoms in total. The molecule has 0 bridgehead atoms. The number of aryl methyl sites for hydroxylation is 2. The van der Waals surface area contributed by atoms with Crippen LogP contribution in [0.4, 0.5) is 18.9 Å². The molecule has 0 aliphatic carbocycles. The van der Waals surface area contributed by atoms with Crippen LogP contribution in [-0.2, 0) is 18.6 Å². The standard InChI is InChI=1S/C16H14F3N2S.V/c1-11-6-12(2)15(22-10-16(17,18)19)7-14(11)21-9-13-4-3-5-20-8-13;/h3-8H,10H2,1-2H3;/q-1;. The molecule has 121 valence electrons. The van der Waals surface area contributed by atoms with E-state index in [1.807, 2.05) is 13.0 Å². The first-order valence-corrected chi connectivity index (χ1v) is 7.51. The van der Waals surface area contributed by atoms with Gasteiger partial charge in [0.05, 0.1) is 5.75 Å². The first kappa shape index (κ1) is 19.8. The van der Waals surface area contributed by atoms with Gasteiger partial charge in [0.2, 0.25) is 0 Å². The van der Waals surface area contributed by atoms with Gasteiger partial charge in [0, 0.05) is 29.6 Å². The number of aliphatic imine (C=N–C) groups is 1. The van der Waals surface area contributed by atoms with E-state index in [9.17, 15) is 13.2 Å². The second-order valence-electron chi connectivity index (χ2n) is 4.77. The number of alkyl halides is 3. The quantitative estimate of drug-likeness (QED) is 0.429. The molecule has 2 rings (SSSR count). The number of benzene rings is 1. The predicted octanol–water partition coefficient (Wildman–Crippen LogP) is 4.98. The zero-order chi connectivity index (χ0) is 16.2. The van der Waals surface area contributed by atoms with Gasteiger partial charge in [-0.1, -0.05) is 23.8 Å². The molecular formula is C16H14F3N2SV-. The summed E-state index contributed by atoms with van der Waals surface area (Å²) in [6, 6.07) is 7.08. The minimum atomic E-state index is -4.19. The van der Waals surface area contributed by atoms with Gasteiger partial charge in [0.25, 0.3) is 0 Å². The van der Waals surface area contributed by atoms with E-state index in [0.717, 1.165) is 22.9 Å². The van der Waals surface area contributed by atoms with Crippen molar-refractivity contribution in [2.24, 2.45) is 4.99 Å². The van der Waals surface area contributed by atoms with E-state index in [4.69, 9.17) is 0 Å². The molecule has 2 aromatic rings. The Balaban J connectivity index is 0.00000264. The van der Waals surface area contributed by atoms with E-state index in [-0.39, 0.29) is 18.6 Å². The maximum absolute atomic E-state index is 12.4. The van der Waals surface area contributed by atoms with Crippen LogP contribution in [0.3, 0.4) is 0 Å². The Morgan fingerprint density at radius 3 is 2.57 bits per heavy atom. The van der Waals surface area contributed by atoms with Gasteiger partial charge in [-0.05, 0) is 37.5 Å². The summed E-state index contributed by atoms with van der Waals surface area (Å²) < 4.78 is 37.1. The zero-order valence-corrected chi connectivity index (χ0v) is 14.8. The Morgan fingerprint density at radius 2 is 1.96 bits per heavy atom. The molecule has 7 heteroatoms. The summed E-state index contributed by atoms with van der Waals surface area (Å²) in [6.07, 6.45) is 1.93. The fraction of sp³-hybridized carbons (Fsp3) is 0.250. The van der Waals surface area contributed by atoms with Crippen LogP contribution in [-0.4, -0.2) is 23.1 Å². The van der Waals surface area contributed by atoms with Gasteiger partial charge in [-0.2, -0.15) is 13.2 Å². The fourth-order valence-electron chi connectivity index (χ4n) is 1.81. The van der Waals surface area contributed by atoms with Crippen LogP contribution >= 0.6 is 11.8 Å². The van der Waals surface area contributed by atoms with Crippen molar-refractivity contribution < 1.29 is 31.7 Å². The molecule has 0 atom stereocenters. The summed E-state index contributed by atoms with van der Waals surface area (Å²) in [6.45, 7) is 3.67. The van der Waals surface area contributed by atoms with E-state index in [1.54, 1.807) is 37.5 Å². The zero-order valence-electron chi connectivity index (χ0n) is 12.6. The number of hydrogen-bond acceptors (Lipinski definition) is 3. The van der Waals surface area contributed by atoms with Crippen molar-refractivity contribution in [3.05, 3.63) is 53.3 Å². The number of rotatable bonds is 4. The maximum atomic E-state index is 12.4. The van der Waals surface area contributed by atoms with E-state index in [2.05, 4.69) is 16.2 Å². The summed E-state index contributed by atoms with van der Waals surface area (Å²) in [7, 11) is 0. The van der Waals surface area contributed by atoms with Crippen molar-refractivity contribution in [2.45, 2.75) is 24.9 Å². The van der Waals surface area contributed by atoms with Crippen LogP contribution in [0.25, 0.3) is 0 Å². The largest absolute Gasteiger partial charge is 0.398 e. The molecular weight excluding hydrogens is 360 g/mol. The molecule has 0 spiro atoms. The molecule has 0 N–H and O–H groups in total. The van der Waals surface area contributed by atoms with Crippen molar-refractivity contribution in [2.75, 3.05) is 5.75 Å². The third-order valence-corrected chi connectivity index (χ3v) is 4.07. The monoisotopic (exact) mass is 374 g/mol. The van der Waals surface area contributed by atoms with Gasteiger partial charge in [0.15, 0.2) is 0 Å². The minimum Gasteiger partial charge on any atom is -0.351 e. The first-order valence-electron chi connectivity index (χ1n) is 6.53. The maximum Gasteiger partial charge on any atom is 0.398 e. The van der Waals surface area contributed by atoms with Crippen molar-refractivity contribution in [3.8, 4) is 0 Å². The molecule has 1 heterocycles. The van der Waals surface area contributed by atoms with Crippen LogP contribution in [0.15, 0.2) is 46.5 Å². The van der Waals surface area contributed by atoms with Gasteiger partial charge >= 0.3 is 6.18 Å². The molecule has 1 aromatic heterocycles. The third-order valence-electron chi connectivity index (χ3n) is 2.85. The summed E-state index contributed by atoms with van der Waals surface area (Å²) in [5, 5.41) is 0. The molecule has 0 saturated carbocycles. The van der Waals surface area contributed by atoms with Crippen LogP contribution in [0.2, 0.25) is 0 Å². The van der Waals surface area contributed by atoms with Crippen molar-refractivity contribution >= 4 is 23.7 Å². The van der Waals surface area contributed by atoms with Gasteiger partial charge in [-0.3, -0.25) is 0 Å². The Bertz CT molecular complexity index is 673. The van der Waals surface area contributed by atoms with Crippen LogP contribution in [0, 0.1) is 13.8 Å². The van der Waals surface area contributed by atoms with E-state index < -0.39 is 11.9 Å². The topological polar surface area (TPSA) is 25.2 Å². The van der Waals surface area contributed by atoms with Gasteiger partial charge < -0.3 is 9.98 Å². The van der Waals surface area contributed by atoms with E-state index in [0.29, 0.717) is 16.1 Å².